The Morgan fingerprint density at radius 1 is 1.10 bits per heavy atom. The van der Waals surface area contributed by atoms with Gasteiger partial charge in [-0.1, -0.05) is 61.2 Å². The van der Waals surface area contributed by atoms with Gasteiger partial charge in [-0.2, -0.15) is 0 Å². The van der Waals surface area contributed by atoms with Crippen molar-refractivity contribution in [1.82, 2.24) is 10.0 Å². The van der Waals surface area contributed by atoms with Crippen molar-refractivity contribution in [1.29, 1.82) is 0 Å². The molecule has 4 nitrogen and oxygen atoms in total. The zero-order chi connectivity index (χ0) is 21.1. The SMILES string of the molecule is C=C(C)C(=O)N(OCc1ccccc1)C(c1cccs1)c1c(C)[nH]c2ccccc12. The summed E-state index contributed by atoms with van der Waals surface area (Å²) in [4.78, 5) is 23.9. The van der Waals surface area contributed by atoms with E-state index in [1.54, 1.807) is 18.3 Å². The summed E-state index contributed by atoms with van der Waals surface area (Å²) >= 11 is 1.61. The van der Waals surface area contributed by atoms with Gasteiger partial charge in [0, 0.05) is 32.6 Å². The van der Waals surface area contributed by atoms with E-state index in [0.717, 1.165) is 32.6 Å². The lowest BCUT2D eigenvalue weighted by atomic mass is 10.0. The first-order chi connectivity index (χ1) is 14.6. The van der Waals surface area contributed by atoms with Gasteiger partial charge in [-0.25, -0.2) is 5.06 Å². The largest absolute Gasteiger partial charge is 0.358 e. The van der Waals surface area contributed by atoms with Crippen molar-refractivity contribution in [3.05, 3.63) is 106 Å². The van der Waals surface area contributed by atoms with Gasteiger partial charge >= 0.3 is 0 Å². The minimum atomic E-state index is -0.380. The highest BCUT2D eigenvalue weighted by Gasteiger charge is 2.32. The molecule has 1 N–H and O–H groups in total. The maximum Gasteiger partial charge on any atom is 0.273 e. The summed E-state index contributed by atoms with van der Waals surface area (Å²) in [6.45, 7) is 7.94. The molecule has 5 heteroatoms. The van der Waals surface area contributed by atoms with Crippen LogP contribution in [0.2, 0.25) is 0 Å². The summed E-state index contributed by atoms with van der Waals surface area (Å²) in [5, 5.41) is 4.59. The summed E-state index contributed by atoms with van der Waals surface area (Å²) in [6, 6.07) is 21.7. The smallest absolute Gasteiger partial charge is 0.273 e. The predicted octanol–water partition coefficient (Wildman–Crippen LogP) is 6.16. The molecule has 2 heterocycles. The van der Waals surface area contributed by atoms with E-state index >= 15 is 0 Å². The first-order valence-corrected chi connectivity index (χ1v) is 10.7. The van der Waals surface area contributed by atoms with Gasteiger partial charge in [0.1, 0.15) is 12.6 Å². The van der Waals surface area contributed by atoms with Crippen LogP contribution in [-0.2, 0) is 16.2 Å². The van der Waals surface area contributed by atoms with Gasteiger partial charge in [-0.15, -0.1) is 11.3 Å². The Morgan fingerprint density at radius 3 is 2.53 bits per heavy atom. The van der Waals surface area contributed by atoms with Crippen molar-refractivity contribution in [2.45, 2.75) is 26.5 Å². The van der Waals surface area contributed by atoms with Crippen LogP contribution in [0.3, 0.4) is 0 Å². The fourth-order valence-electron chi connectivity index (χ4n) is 3.63. The number of carbonyl (C=O) groups excluding carboxylic acids is 1. The molecule has 2 aromatic heterocycles. The number of hydrogen-bond donors (Lipinski definition) is 1. The quantitative estimate of drug-likeness (QED) is 0.289. The Kier molecular flexibility index (Phi) is 5.84. The van der Waals surface area contributed by atoms with Crippen LogP contribution in [0.25, 0.3) is 10.9 Å². The zero-order valence-electron chi connectivity index (χ0n) is 17.1. The van der Waals surface area contributed by atoms with E-state index in [1.807, 2.05) is 73.0 Å². The number of hydroxylamine groups is 2. The highest BCUT2D eigenvalue weighted by Crippen LogP contribution is 2.39. The molecule has 0 aliphatic rings. The Labute approximate surface area is 180 Å². The molecular weight excluding hydrogens is 392 g/mol. The number of H-pyrrole nitrogens is 1. The average molecular weight is 417 g/mol. The van der Waals surface area contributed by atoms with Gasteiger partial charge in [0.05, 0.1) is 0 Å². The second-order valence-electron chi connectivity index (χ2n) is 7.30. The van der Waals surface area contributed by atoms with Gasteiger partial charge in [-0.05, 0) is 36.9 Å². The van der Waals surface area contributed by atoms with Gasteiger partial charge < -0.3 is 4.98 Å². The number of aryl methyl sites for hydroxylation is 1. The Balaban J connectivity index is 1.82. The molecule has 1 atom stereocenters. The number of fused-ring (bicyclic) bond motifs is 1. The third kappa shape index (κ3) is 3.95. The highest BCUT2D eigenvalue weighted by molar-refractivity contribution is 7.10. The van der Waals surface area contributed by atoms with E-state index in [9.17, 15) is 4.79 Å². The van der Waals surface area contributed by atoms with Crippen molar-refractivity contribution >= 4 is 28.1 Å². The van der Waals surface area contributed by atoms with Crippen molar-refractivity contribution in [3.63, 3.8) is 0 Å². The zero-order valence-corrected chi connectivity index (χ0v) is 17.9. The molecule has 0 saturated heterocycles. The Bertz CT molecular complexity index is 1160. The number of para-hydroxylation sites is 1. The molecule has 30 heavy (non-hydrogen) atoms. The van der Waals surface area contributed by atoms with Crippen molar-refractivity contribution in [3.8, 4) is 0 Å². The van der Waals surface area contributed by atoms with Crippen LogP contribution in [0.5, 0.6) is 0 Å². The maximum atomic E-state index is 13.2. The van der Waals surface area contributed by atoms with Crippen LogP contribution >= 0.6 is 11.3 Å². The van der Waals surface area contributed by atoms with E-state index in [2.05, 4.69) is 17.6 Å². The number of nitrogens with zero attached hydrogens (tertiary/aromatic N) is 1. The number of carbonyl (C=O) groups is 1. The number of rotatable bonds is 7. The standard InChI is InChI=1S/C25H24N2O2S/c1-17(2)25(28)27(29-16-19-10-5-4-6-11-19)24(22-14-9-15-30-22)23-18(3)26-21-13-8-7-12-20(21)23/h4-15,24,26H,1,16H2,2-3H3. The summed E-state index contributed by atoms with van der Waals surface area (Å²) < 4.78 is 0. The Hall–Kier alpha value is -3.15. The third-order valence-electron chi connectivity index (χ3n) is 5.04. The van der Waals surface area contributed by atoms with Crippen LogP contribution in [0.1, 0.15) is 34.7 Å². The molecule has 152 valence electrons. The van der Waals surface area contributed by atoms with Crippen LogP contribution < -0.4 is 0 Å². The maximum absolute atomic E-state index is 13.2. The molecule has 4 aromatic rings. The second-order valence-corrected chi connectivity index (χ2v) is 8.28. The van der Waals surface area contributed by atoms with Crippen LogP contribution in [0.4, 0.5) is 0 Å². The minimum Gasteiger partial charge on any atom is -0.358 e. The van der Waals surface area contributed by atoms with E-state index in [0.29, 0.717) is 12.2 Å². The monoisotopic (exact) mass is 416 g/mol. The summed E-state index contributed by atoms with van der Waals surface area (Å²) in [5.41, 5.74) is 4.52. The Morgan fingerprint density at radius 2 is 1.83 bits per heavy atom. The van der Waals surface area contributed by atoms with Gasteiger partial charge in [0.2, 0.25) is 0 Å². The molecule has 1 amide bonds. The molecule has 0 radical (unpaired) electrons. The molecule has 1 unspecified atom stereocenters. The number of aromatic nitrogens is 1. The first-order valence-electron chi connectivity index (χ1n) is 9.82. The number of nitrogens with one attached hydrogen (secondary N) is 1. The first kappa shape index (κ1) is 20.1. The van der Waals surface area contributed by atoms with Gasteiger partial charge in [-0.3, -0.25) is 9.63 Å². The average Bonchev–Trinajstić information content (AvgIpc) is 3.39. The van der Waals surface area contributed by atoms with Crippen molar-refractivity contribution in [2.75, 3.05) is 0 Å². The number of aromatic amines is 1. The normalized spacial score (nSPS) is 12.1. The highest BCUT2D eigenvalue weighted by atomic mass is 32.1. The van der Waals surface area contributed by atoms with Crippen LogP contribution in [0, 0.1) is 6.92 Å². The van der Waals surface area contributed by atoms with Gasteiger partial charge in [0.15, 0.2) is 0 Å². The van der Waals surface area contributed by atoms with Crippen LogP contribution in [0.15, 0.2) is 84.3 Å². The van der Waals surface area contributed by atoms with E-state index in [4.69, 9.17) is 4.84 Å². The molecule has 2 aromatic carbocycles. The summed E-state index contributed by atoms with van der Waals surface area (Å²) in [6.07, 6.45) is 0. The van der Waals surface area contributed by atoms with Gasteiger partial charge in [0.25, 0.3) is 5.91 Å². The number of hydrogen-bond acceptors (Lipinski definition) is 3. The van der Waals surface area contributed by atoms with Crippen molar-refractivity contribution < 1.29 is 9.63 Å². The molecule has 0 bridgehead atoms. The molecule has 4 rings (SSSR count). The molecule has 0 aliphatic carbocycles. The fraction of sp³-hybridized carbons (Fsp3) is 0.160. The van der Waals surface area contributed by atoms with E-state index in [1.165, 1.54) is 5.06 Å². The summed E-state index contributed by atoms with van der Waals surface area (Å²) in [5.74, 6) is -0.228. The predicted molar refractivity (Wildman–Crippen MR) is 122 cm³/mol. The van der Waals surface area contributed by atoms with E-state index in [-0.39, 0.29) is 11.9 Å². The molecule has 0 spiro atoms. The third-order valence-corrected chi connectivity index (χ3v) is 5.97. The minimum absolute atomic E-state index is 0.228. The lowest BCUT2D eigenvalue weighted by Crippen LogP contribution is -2.36. The topological polar surface area (TPSA) is 45.3 Å². The van der Waals surface area contributed by atoms with Crippen LogP contribution in [-0.4, -0.2) is 16.0 Å². The lowest BCUT2D eigenvalue weighted by Gasteiger charge is -2.31. The summed E-state index contributed by atoms with van der Waals surface area (Å²) in [7, 11) is 0. The molecule has 0 saturated carbocycles. The van der Waals surface area contributed by atoms with E-state index < -0.39 is 0 Å². The number of thiophene rings is 1. The second kappa shape index (κ2) is 8.69. The molecular formula is C25H24N2O2S. The molecule has 0 fully saturated rings. The van der Waals surface area contributed by atoms with Crippen molar-refractivity contribution in [2.24, 2.45) is 0 Å². The number of benzene rings is 2. The molecule has 0 aliphatic heterocycles. The number of amides is 1. The lowest BCUT2D eigenvalue weighted by molar-refractivity contribution is -0.198. The fourth-order valence-corrected chi connectivity index (χ4v) is 4.44.